The molecule has 1 aromatic carbocycles. The van der Waals surface area contributed by atoms with E-state index in [9.17, 15) is 22.8 Å². The first-order valence-corrected chi connectivity index (χ1v) is 9.13. The SMILES string of the molecule is Cc1cc(Cn2c(=O)c3cc(S)ccc3n(C(F)F)c2=O)on1.NC1(CF)CC1. The maximum atomic E-state index is 13.3. The van der Waals surface area contributed by atoms with Crippen LogP contribution in [0, 0.1) is 6.92 Å². The summed E-state index contributed by atoms with van der Waals surface area (Å²) in [6.45, 7) is -2.04. The van der Waals surface area contributed by atoms with E-state index in [1.54, 1.807) is 6.92 Å². The van der Waals surface area contributed by atoms with Crippen molar-refractivity contribution in [3.63, 3.8) is 0 Å². The Bertz CT molecular complexity index is 1150. The molecule has 156 valence electrons. The molecule has 2 aromatic heterocycles. The number of halogens is 3. The van der Waals surface area contributed by atoms with Crippen molar-refractivity contribution in [2.75, 3.05) is 6.67 Å². The minimum Gasteiger partial charge on any atom is -0.359 e. The van der Waals surface area contributed by atoms with E-state index < -0.39 is 17.8 Å². The summed E-state index contributed by atoms with van der Waals surface area (Å²) in [5, 5.41) is 3.63. The van der Waals surface area contributed by atoms with Crippen molar-refractivity contribution in [1.29, 1.82) is 0 Å². The Hall–Kier alpha value is -2.53. The second-order valence-electron chi connectivity index (χ2n) is 6.95. The summed E-state index contributed by atoms with van der Waals surface area (Å²) in [7, 11) is 0. The van der Waals surface area contributed by atoms with Gasteiger partial charge in [-0.3, -0.25) is 9.36 Å². The Morgan fingerprint density at radius 2 is 2.00 bits per heavy atom. The van der Waals surface area contributed by atoms with E-state index in [0.717, 1.165) is 12.8 Å². The first-order valence-electron chi connectivity index (χ1n) is 8.68. The third-order valence-corrected chi connectivity index (χ3v) is 4.77. The largest absolute Gasteiger partial charge is 0.359 e. The minimum atomic E-state index is -3.08. The average Bonchev–Trinajstić information content (AvgIpc) is 3.28. The number of rotatable bonds is 4. The van der Waals surface area contributed by atoms with Crippen LogP contribution in [0.3, 0.4) is 0 Å². The third-order valence-electron chi connectivity index (χ3n) is 4.50. The van der Waals surface area contributed by atoms with Gasteiger partial charge in [0, 0.05) is 16.5 Å². The Balaban J connectivity index is 0.000000343. The lowest BCUT2D eigenvalue weighted by Gasteiger charge is -2.12. The fourth-order valence-corrected chi connectivity index (χ4v) is 2.84. The van der Waals surface area contributed by atoms with Gasteiger partial charge in [-0.15, -0.1) is 12.6 Å². The summed E-state index contributed by atoms with van der Waals surface area (Å²) >= 11 is 4.10. The van der Waals surface area contributed by atoms with Gasteiger partial charge < -0.3 is 10.3 Å². The summed E-state index contributed by atoms with van der Waals surface area (Å²) in [5.41, 5.74) is 3.51. The van der Waals surface area contributed by atoms with Crippen molar-refractivity contribution >= 4 is 23.5 Å². The number of benzene rings is 1. The second-order valence-corrected chi connectivity index (χ2v) is 7.47. The van der Waals surface area contributed by atoms with Crippen LogP contribution in [0.2, 0.25) is 0 Å². The third kappa shape index (κ3) is 4.56. The summed E-state index contributed by atoms with van der Waals surface area (Å²) in [5.74, 6) is 0.226. The zero-order valence-electron chi connectivity index (χ0n) is 15.4. The molecule has 0 atom stereocenters. The van der Waals surface area contributed by atoms with E-state index in [2.05, 4.69) is 17.8 Å². The lowest BCUT2D eigenvalue weighted by molar-refractivity contribution is 0.0682. The number of aromatic nitrogens is 3. The van der Waals surface area contributed by atoms with Gasteiger partial charge in [-0.05, 0) is 38.0 Å². The maximum Gasteiger partial charge on any atom is 0.336 e. The van der Waals surface area contributed by atoms with Gasteiger partial charge in [-0.1, -0.05) is 5.16 Å². The Morgan fingerprint density at radius 1 is 1.31 bits per heavy atom. The van der Waals surface area contributed by atoms with Gasteiger partial charge in [0.05, 0.1) is 23.1 Å². The van der Waals surface area contributed by atoms with Crippen molar-refractivity contribution < 1.29 is 17.7 Å². The highest BCUT2D eigenvalue weighted by Gasteiger charge is 2.37. The number of nitrogens with zero attached hydrogens (tertiary/aromatic N) is 3. The number of thiol groups is 1. The van der Waals surface area contributed by atoms with Gasteiger partial charge in [0.25, 0.3) is 5.56 Å². The molecular weight excluding hydrogens is 409 g/mol. The summed E-state index contributed by atoms with van der Waals surface area (Å²) < 4.78 is 44.0. The second kappa shape index (κ2) is 8.07. The number of hydrogen-bond acceptors (Lipinski definition) is 6. The van der Waals surface area contributed by atoms with Crippen LogP contribution in [0.25, 0.3) is 10.9 Å². The fraction of sp³-hybridized carbons (Fsp3) is 0.389. The number of aryl methyl sites for hydroxylation is 1. The molecule has 0 spiro atoms. The lowest BCUT2D eigenvalue weighted by atomic mass is 10.2. The molecule has 3 aromatic rings. The molecule has 11 heteroatoms. The minimum absolute atomic E-state index is 0.0198. The van der Waals surface area contributed by atoms with Crippen molar-refractivity contribution in [3.8, 4) is 0 Å². The zero-order chi connectivity index (χ0) is 21.3. The van der Waals surface area contributed by atoms with Crippen molar-refractivity contribution in [1.82, 2.24) is 14.3 Å². The molecule has 4 rings (SSSR count). The van der Waals surface area contributed by atoms with E-state index in [1.807, 2.05) is 0 Å². The van der Waals surface area contributed by atoms with Gasteiger partial charge >= 0.3 is 12.2 Å². The molecule has 7 nitrogen and oxygen atoms in total. The van der Waals surface area contributed by atoms with Crippen molar-refractivity contribution in [2.45, 2.75) is 43.3 Å². The van der Waals surface area contributed by atoms with Crippen LogP contribution in [0.1, 0.15) is 30.8 Å². The van der Waals surface area contributed by atoms with Crippen molar-refractivity contribution in [2.24, 2.45) is 5.73 Å². The predicted octanol–water partition coefficient (Wildman–Crippen LogP) is 2.64. The normalized spacial score (nSPS) is 14.7. The Morgan fingerprint density at radius 3 is 2.48 bits per heavy atom. The number of hydrogen-bond donors (Lipinski definition) is 2. The Kier molecular flexibility index (Phi) is 5.90. The molecule has 2 heterocycles. The molecule has 1 aliphatic rings. The van der Waals surface area contributed by atoms with Crippen LogP contribution in [0.5, 0.6) is 0 Å². The van der Waals surface area contributed by atoms with Crippen molar-refractivity contribution in [3.05, 3.63) is 56.6 Å². The molecule has 0 amide bonds. The quantitative estimate of drug-likeness (QED) is 0.623. The summed E-state index contributed by atoms with van der Waals surface area (Å²) in [6.07, 6.45) is 1.76. The maximum absolute atomic E-state index is 13.3. The lowest BCUT2D eigenvalue weighted by Crippen LogP contribution is -2.40. The van der Waals surface area contributed by atoms with Crippen LogP contribution in [-0.2, 0) is 6.54 Å². The molecule has 0 bridgehead atoms. The topological polar surface area (TPSA) is 96.0 Å². The van der Waals surface area contributed by atoms with Gasteiger partial charge in [0.1, 0.15) is 6.67 Å². The molecule has 0 aliphatic heterocycles. The number of nitrogens with two attached hydrogens (primary N) is 1. The van der Waals surface area contributed by atoms with E-state index in [0.29, 0.717) is 15.2 Å². The zero-order valence-corrected chi connectivity index (χ0v) is 16.3. The molecule has 0 radical (unpaired) electrons. The van der Waals surface area contributed by atoms with Gasteiger partial charge in [-0.2, -0.15) is 8.78 Å². The standard InChI is InChI=1S/C14H11F2N3O3S.C4H8FN/c1-7-4-8(22-17-7)6-18-12(20)10-5-9(23)2-3-11(10)19(13(15)16)14(18)21;5-3-4(6)1-2-4/h2-5,13,23H,6H2,1H3;1-3,6H2. The average molecular weight is 428 g/mol. The van der Waals surface area contributed by atoms with Crippen LogP contribution >= 0.6 is 12.6 Å². The molecule has 29 heavy (non-hydrogen) atoms. The predicted molar refractivity (Wildman–Crippen MR) is 103 cm³/mol. The van der Waals surface area contributed by atoms with Crippen LogP contribution in [-0.4, -0.2) is 26.5 Å². The number of fused-ring (bicyclic) bond motifs is 1. The molecule has 1 fully saturated rings. The van der Waals surface area contributed by atoms with Crippen LogP contribution in [0.15, 0.2) is 43.3 Å². The Labute approximate surface area is 168 Å². The van der Waals surface area contributed by atoms with E-state index in [4.69, 9.17) is 10.3 Å². The first kappa shape index (κ1) is 21.2. The van der Waals surface area contributed by atoms with E-state index in [1.165, 1.54) is 24.3 Å². The smallest absolute Gasteiger partial charge is 0.336 e. The molecule has 0 unspecified atom stereocenters. The summed E-state index contributed by atoms with van der Waals surface area (Å²) in [6, 6.07) is 5.59. The van der Waals surface area contributed by atoms with Crippen LogP contribution < -0.4 is 17.0 Å². The summed E-state index contributed by atoms with van der Waals surface area (Å²) in [4.78, 5) is 25.2. The molecule has 1 aliphatic carbocycles. The van der Waals surface area contributed by atoms with Gasteiger partial charge in [0.2, 0.25) is 0 Å². The molecule has 2 N–H and O–H groups in total. The van der Waals surface area contributed by atoms with E-state index >= 15 is 0 Å². The van der Waals surface area contributed by atoms with Gasteiger partial charge in [0.15, 0.2) is 5.76 Å². The van der Waals surface area contributed by atoms with Crippen LogP contribution in [0.4, 0.5) is 13.2 Å². The number of alkyl halides is 3. The highest BCUT2D eigenvalue weighted by molar-refractivity contribution is 7.80. The molecule has 1 saturated carbocycles. The molecule has 0 saturated heterocycles. The highest BCUT2D eigenvalue weighted by Crippen LogP contribution is 2.31. The highest BCUT2D eigenvalue weighted by atomic mass is 32.1. The van der Waals surface area contributed by atoms with E-state index in [-0.39, 0.29) is 40.0 Å². The first-order chi connectivity index (χ1) is 13.6. The monoisotopic (exact) mass is 428 g/mol. The molecular formula is C18H19F3N4O3S. The van der Waals surface area contributed by atoms with Gasteiger partial charge in [-0.25, -0.2) is 13.8 Å². The fourth-order valence-electron chi connectivity index (χ4n) is 2.64.